The zero-order chi connectivity index (χ0) is 10.7. The first-order valence-corrected chi connectivity index (χ1v) is 5.03. The number of hydrogen-bond acceptors (Lipinski definition) is 3. The van der Waals surface area contributed by atoms with Gasteiger partial charge in [0, 0.05) is 31.8 Å². The van der Waals surface area contributed by atoms with E-state index >= 15 is 0 Å². The Morgan fingerprint density at radius 2 is 2.13 bits per heavy atom. The maximum Gasteiger partial charge on any atom is 0.189 e. The van der Waals surface area contributed by atoms with Crippen molar-refractivity contribution in [3.8, 4) is 0 Å². The van der Waals surface area contributed by atoms with Gasteiger partial charge in [0.15, 0.2) is 5.78 Å². The van der Waals surface area contributed by atoms with Crippen molar-refractivity contribution in [2.24, 2.45) is 0 Å². The number of carbonyl (C=O) groups is 1. The number of nitrogens with zero attached hydrogens (tertiary/aromatic N) is 1. The van der Waals surface area contributed by atoms with Gasteiger partial charge in [0.2, 0.25) is 0 Å². The van der Waals surface area contributed by atoms with Crippen LogP contribution in [0.5, 0.6) is 0 Å². The van der Waals surface area contributed by atoms with Crippen LogP contribution < -0.4 is 5.32 Å². The highest BCUT2D eigenvalue weighted by atomic mass is 16.1. The molecule has 1 aromatic carbocycles. The summed E-state index contributed by atoms with van der Waals surface area (Å²) in [7, 11) is 1.98. The van der Waals surface area contributed by atoms with Crippen molar-refractivity contribution in [3.63, 3.8) is 0 Å². The summed E-state index contributed by atoms with van der Waals surface area (Å²) >= 11 is 0. The first kappa shape index (κ1) is 9.77. The topological polar surface area (TPSA) is 32.3 Å². The molecule has 0 aliphatic carbocycles. The molecular weight excluding hydrogens is 188 g/mol. The maximum atomic E-state index is 11.8. The Bertz CT molecular complexity index is 384. The van der Waals surface area contributed by atoms with Crippen molar-refractivity contribution in [1.29, 1.82) is 0 Å². The minimum Gasteiger partial charge on any atom is -0.370 e. The zero-order valence-electron chi connectivity index (χ0n) is 8.73. The molecule has 0 amide bonds. The predicted octanol–water partition coefficient (Wildman–Crippen LogP) is 1.25. The minimum atomic E-state index is 0.0480. The summed E-state index contributed by atoms with van der Waals surface area (Å²) in [5.41, 5.74) is 0.729. The number of carbonyl (C=O) groups excluding carboxylic acids is 1. The second-order valence-electron chi connectivity index (χ2n) is 3.61. The van der Waals surface area contributed by atoms with Gasteiger partial charge in [-0.2, -0.15) is 0 Å². The molecule has 1 fully saturated rings. The molecule has 1 N–H and O–H groups in total. The number of rotatable bonds is 2. The first-order chi connectivity index (χ1) is 7.27. The Morgan fingerprint density at radius 1 is 1.40 bits per heavy atom. The molecule has 2 rings (SSSR count). The number of ketones is 1. The number of hydrogen-bond donors (Lipinski definition) is 1. The highest BCUT2D eigenvalue weighted by molar-refractivity contribution is 6.04. The van der Waals surface area contributed by atoms with Crippen LogP contribution >= 0.6 is 0 Å². The highest BCUT2D eigenvalue weighted by Gasteiger charge is 2.13. The molecule has 78 valence electrons. The molecule has 0 aromatic heterocycles. The lowest BCUT2D eigenvalue weighted by molar-refractivity contribution is 0.104. The third-order valence-corrected chi connectivity index (χ3v) is 2.49. The standard InChI is InChI=1S/C12H14N2O/c1-14-8-7-13-12(14)9-11(15)10-5-3-2-4-6-10/h2-6,9,13H,7-8H2,1H3/b12-9+. The van der Waals surface area contributed by atoms with Gasteiger partial charge in [-0.1, -0.05) is 30.3 Å². The van der Waals surface area contributed by atoms with Crippen molar-refractivity contribution >= 4 is 5.78 Å². The summed E-state index contributed by atoms with van der Waals surface area (Å²) in [6.07, 6.45) is 1.66. The maximum absolute atomic E-state index is 11.8. The molecule has 0 bridgehead atoms. The number of benzene rings is 1. The molecule has 15 heavy (non-hydrogen) atoms. The lowest BCUT2D eigenvalue weighted by Gasteiger charge is -2.10. The molecule has 1 saturated heterocycles. The van der Waals surface area contributed by atoms with Crippen LogP contribution in [0.2, 0.25) is 0 Å². The Morgan fingerprint density at radius 3 is 2.73 bits per heavy atom. The molecule has 0 spiro atoms. The predicted molar refractivity (Wildman–Crippen MR) is 59.5 cm³/mol. The van der Waals surface area contributed by atoms with E-state index < -0.39 is 0 Å². The lowest BCUT2D eigenvalue weighted by Crippen LogP contribution is -2.15. The number of allylic oxidation sites excluding steroid dienone is 1. The van der Waals surface area contributed by atoms with E-state index in [4.69, 9.17) is 0 Å². The van der Waals surface area contributed by atoms with Gasteiger partial charge >= 0.3 is 0 Å². The van der Waals surface area contributed by atoms with Gasteiger partial charge in [-0.15, -0.1) is 0 Å². The largest absolute Gasteiger partial charge is 0.370 e. The molecular formula is C12H14N2O. The smallest absolute Gasteiger partial charge is 0.189 e. The Balaban J connectivity index is 2.16. The van der Waals surface area contributed by atoms with Crippen LogP contribution in [0.1, 0.15) is 10.4 Å². The molecule has 3 heteroatoms. The van der Waals surface area contributed by atoms with Crippen LogP contribution in [-0.2, 0) is 0 Å². The van der Waals surface area contributed by atoms with Crippen LogP contribution in [-0.4, -0.2) is 30.8 Å². The van der Waals surface area contributed by atoms with E-state index in [-0.39, 0.29) is 5.78 Å². The normalized spacial score (nSPS) is 17.9. The van der Waals surface area contributed by atoms with Crippen LogP contribution in [0.4, 0.5) is 0 Å². The van der Waals surface area contributed by atoms with E-state index in [1.54, 1.807) is 6.08 Å². The molecule has 1 aliphatic heterocycles. The SMILES string of the molecule is CN1CCN/C1=C\C(=O)c1ccccc1. The summed E-state index contributed by atoms with van der Waals surface area (Å²) in [6.45, 7) is 1.86. The summed E-state index contributed by atoms with van der Waals surface area (Å²) in [5, 5.41) is 3.17. The average Bonchev–Trinajstić information content (AvgIpc) is 2.66. The molecule has 0 radical (unpaired) electrons. The summed E-state index contributed by atoms with van der Waals surface area (Å²) in [4.78, 5) is 13.8. The van der Waals surface area contributed by atoms with Crippen molar-refractivity contribution < 1.29 is 4.79 Å². The fourth-order valence-electron chi connectivity index (χ4n) is 1.58. The van der Waals surface area contributed by atoms with Gasteiger partial charge < -0.3 is 10.2 Å². The monoisotopic (exact) mass is 202 g/mol. The Hall–Kier alpha value is -1.77. The third-order valence-electron chi connectivity index (χ3n) is 2.49. The van der Waals surface area contributed by atoms with Crippen LogP contribution in [0.3, 0.4) is 0 Å². The van der Waals surface area contributed by atoms with E-state index in [0.717, 1.165) is 24.5 Å². The van der Waals surface area contributed by atoms with Crippen LogP contribution in [0.25, 0.3) is 0 Å². The van der Waals surface area contributed by atoms with E-state index in [1.165, 1.54) is 0 Å². The zero-order valence-corrected chi connectivity index (χ0v) is 8.73. The summed E-state index contributed by atoms with van der Waals surface area (Å²) < 4.78 is 0. The lowest BCUT2D eigenvalue weighted by atomic mass is 10.1. The molecule has 0 unspecified atom stereocenters. The quantitative estimate of drug-likeness (QED) is 0.578. The van der Waals surface area contributed by atoms with Crippen molar-refractivity contribution in [2.75, 3.05) is 20.1 Å². The van der Waals surface area contributed by atoms with Gasteiger partial charge in [0.1, 0.15) is 5.82 Å². The van der Waals surface area contributed by atoms with Gasteiger partial charge in [0.25, 0.3) is 0 Å². The Kier molecular flexibility index (Phi) is 2.72. The van der Waals surface area contributed by atoms with Crippen LogP contribution in [0, 0.1) is 0 Å². The molecule has 1 aliphatic rings. The first-order valence-electron chi connectivity index (χ1n) is 5.03. The van der Waals surface area contributed by atoms with Gasteiger partial charge in [0.05, 0.1) is 0 Å². The van der Waals surface area contributed by atoms with Crippen molar-refractivity contribution in [2.45, 2.75) is 0 Å². The molecule has 1 heterocycles. The third kappa shape index (κ3) is 2.18. The molecule has 0 atom stereocenters. The van der Waals surface area contributed by atoms with E-state index in [0.29, 0.717) is 0 Å². The Labute approximate surface area is 89.4 Å². The fourth-order valence-corrected chi connectivity index (χ4v) is 1.58. The summed E-state index contributed by atoms with van der Waals surface area (Å²) in [6, 6.07) is 9.31. The molecule has 3 nitrogen and oxygen atoms in total. The average molecular weight is 202 g/mol. The molecule has 1 aromatic rings. The van der Waals surface area contributed by atoms with Gasteiger partial charge in [-0.25, -0.2) is 0 Å². The van der Waals surface area contributed by atoms with E-state index in [1.807, 2.05) is 42.3 Å². The van der Waals surface area contributed by atoms with Crippen molar-refractivity contribution in [3.05, 3.63) is 47.8 Å². The molecule has 0 saturated carbocycles. The van der Waals surface area contributed by atoms with Gasteiger partial charge in [-0.05, 0) is 0 Å². The van der Waals surface area contributed by atoms with E-state index in [2.05, 4.69) is 5.32 Å². The van der Waals surface area contributed by atoms with Gasteiger partial charge in [-0.3, -0.25) is 4.79 Å². The van der Waals surface area contributed by atoms with E-state index in [9.17, 15) is 4.79 Å². The fraction of sp³-hybridized carbons (Fsp3) is 0.250. The number of likely N-dealkylation sites (N-methyl/N-ethyl adjacent to an activating group) is 1. The number of nitrogens with one attached hydrogen (secondary N) is 1. The van der Waals surface area contributed by atoms with Crippen molar-refractivity contribution in [1.82, 2.24) is 10.2 Å². The highest BCUT2D eigenvalue weighted by Crippen LogP contribution is 2.07. The second-order valence-corrected chi connectivity index (χ2v) is 3.61. The summed E-state index contributed by atoms with van der Waals surface area (Å²) in [5.74, 6) is 0.954. The van der Waals surface area contributed by atoms with Crippen LogP contribution in [0.15, 0.2) is 42.2 Å². The second kappa shape index (κ2) is 4.17. The minimum absolute atomic E-state index is 0.0480.